The molecule has 2 aliphatic rings. The predicted molar refractivity (Wildman–Crippen MR) is 127 cm³/mol. The summed E-state index contributed by atoms with van der Waals surface area (Å²) in [5, 5.41) is 8.40. The Balaban J connectivity index is 0.000000332. The second kappa shape index (κ2) is 8.82. The SMILES string of the molecule is CNc1cc(-c2cn(C3CCC3)c3ncccc23)nc2c(C(N)=O)cnn12.COC1CCC1. The van der Waals surface area contributed by atoms with Crippen molar-refractivity contribution in [3.05, 3.63) is 42.4 Å². The third-order valence-electron chi connectivity index (χ3n) is 6.71. The minimum Gasteiger partial charge on any atom is -0.381 e. The zero-order valence-electron chi connectivity index (χ0n) is 19.0. The van der Waals surface area contributed by atoms with E-state index < -0.39 is 5.91 Å². The van der Waals surface area contributed by atoms with Crippen LogP contribution in [0.25, 0.3) is 27.9 Å². The van der Waals surface area contributed by atoms with Crippen molar-refractivity contribution in [2.75, 3.05) is 19.5 Å². The van der Waals surface area contributed by atoms with Gasteiger partial charge in [0.2, 0.25) is 0 Å². The Morgan fingerprint density at radius 1 is 1.21 bits per heavy atom. The first-order valence-corrected chi connectivity index (χ1v) is 11.5. The van der Waals surface area contributed by atoms with Crippen molar-refractivity contribution in [3.8, 4) is 11.3 Å². The highest BCUT2D eigenvalue weighted by atomic mass is 16.5. The van der Waals surface area contributed by atoms with Crippen LogP contribution in [-0.2, 0) is 4.74 Å². The molecule has 172 valence electrons. The van der Waals surface area contributed by atoms with Gasteiger partial charge < -0.3 is 20.4 Å². The van der Waals surface area contributed by atoms with Gasteiger partial charge in [-0.05, 0) is 50.7 Å². The fourth-order valence-electron chi connectivity index (χ4n) is 4.29. The number of methoxy groups -OCH3 is 1. The molecule has 9 nitrogen and oxygen atoms in total. The Hall–Kier alpha value is -3.46. The van der Waals surface area contributed by atoms with E-state index in [1.54, 1.807) is 11.6 Å². The monoisotopic (exact) mass is 447 g/mol. The normalized spacial score (nSPS) is 16.2. The number of amides is 1. The lowest BCUT2D eigenvalue weighted by atomic mass is 9.93. The molecule has 0 atom stereocenters. The van der Waals surface area contributed by atoms with Gasteiger partial charge in [0, 0.05) is 49.6 Å². The molecule has 4 aromatic rings. The van der Waals surface area contributed by atoms with Crippen LogP contribution in [0.4, 0.5) is 5.82 Å². The Bertz CT molecular complexity index is 1300. The minimum atomic E-state index is -0.546. The first-order valence-electron chi connectivity index (χ1n) is 11.5. The molecule has 0 aromatic carbocycles. The Labute approximate surface area is 192 Å². The van der Waals surface area contributed by atoms with E-state index in [-0.39, 0.29) is 0 Å². The van der Waals surface area contributed by atoms with E-state index in [0.717, 1.165) is 28.1 Å². The number of pyridine rings is 1. The highest BCUT2D eigenvalue weighted by molar-refractivity contribution is 6.00. The number of hydrogen-bond donors (Lipinski definition) is 2. The number of nitrogens with zero attached hydrogens (tertiary/aromatic N) is 5. The number of carbonyl (C=O) groups is 1. The summed E-state index contributed by atoms with van der Waals surface area (Å²) in [5.41, 5.74) is 8.95. The van der Waals surface area contributed by atoms with Crippen molar-refractivity contribution in [2.45, 2.75) is 50.7 Å². The second-order valence-electron chi connectivity index (χ2n) is 8.63. The summed E-state index contributed by atoms with van der Waals surface area (Å²) in [6, 6.07) is 6.41. The third-order valence-corrected chi connectivity index (χ3v) is 6.71. The van der Waals surface area contributed by atoms with Gasteiger partial charge in [-0.15, -0.1) is 0 Å². The maximum absolute atomic E-state index is 11.8. The maximum Gasteiger partial charge on any atom is 0.254 e. The number of anilines is 1. The lowest BCUT2D eigenvalue weighted by Crippen LogP contribution is -2.18. The molecule has 2 aliphatic carbocycles. The zero-order chi connectivity index (χ0) is 22.9. The standard InChI is InChI=1S/C19H19N7O.C5H10O/c1-21-16-8-15(24-19-13(17(20)27)9-23-26(16)19)14-10-25(11-4-2-5-11)18-12(14)6-3-7-22-18;1-6-5-3-2-4-5/h3,6-11,21H,2,4-5H2,1H3,(H2,20,27);5H,2-4H2,1H3. The first kappa shape index (κ1) is 21.4. The first-order chi connectivity index (χ1) is 16.1. The van der Waals surface area contributed by atoms with Crippen LogP contribution in [0.15, 0.2) is 36.8 Å². The quantitative estimate of drug-likeness (QED) is 0.481. The van der Waals surface area contributed by atoms with Gasteiger partial charge in [0.05, 0.1) is 18.0 Å². The molecule has 6 rings (SSSR count). The molecule has 0 radical (unpaired) electrons. The van der Waals surface area contributed by atoms with Crippen molar-refractivity contribution in [2.24, 2.45) is 5.73 Å². The average Bonchev–Trinajstić information content (AvgIpc) is 3.34. The summed E-state index contributed by atoms with van der Waals surface area (Å²) < 4.78 is 8.83. The maximum atomic E-state index is 11.8. The van der Waals surface area contributed by atoms with Crippen LogP contribution >= 0.6 is 0 Å². The van der Waals surface area contributed by atoms with Crippen LogP contribution in [0, 0.1) is 0 Å². The van der Waals surface area contributed by atoms with Gasteiger partial charge >= 0.3 is 0 Å². The summed E-state index contributed by atoms with van der Waals surface area (Å²) in [4.78, 5) is 21.1. The molecule has 0 aliphatic heterocycles. The van der Waals surface area contributed by atoms with E-state index in [1.807, 2.05) is 25.4 Å². The summed E-state index contributed by atoms with van der Waals surface area (Å²) in [7, 11) is 3.59. The molecule has 0 unspecified atom stereocenters. The molecule has 33 heavy (non-hydrogen) atoms. The van der Waals surface area contributed by atoms with Gasteiger partial charge in [-0.2, -0.15) is 9.61 Å². The van der Waals surface area contributed by atoms with E-state index in [1.165, 1.54) is 44.7 Å². The smallest absolute Gasteiger partial charge is 0.254 e. The summed E-state index contributed by atoms with van der Waals surface area (Å²) in [6.07, 6.45) is 13.5. The van der Waals surface area contributed by atoms with Crippen LogP contribution in [-0.4, -0.2) is 50.3 Å². The van der Waals surface area contributed by atoms with Crippen molar-refractivity contribution < 1.29 is 9.53 Å². The number of rotatable bonds is 5. The average molecular weight is 448 g/mol. The number of nitrogens with two attached hydrogens (primary N) is 1. The predicted octanol–water partition coefficient (Wildman–Crippen LogP) is 3.80. The largest absolute Gasteiger partial charge is 0.381 e. The van der Waals surface area contributed by atoms with Crippen LogP contribution in [0.1, 0.15) is 54.9 Å². The molecule has 2 fully saturated rings. The molecule has 0 saturated heterocycles. The minimum absolute atomic E-state index is 0.300. The number of fused-ring (bicyclic) bond motifs is 2. The molecular formula is C24H29N7O2. The molecule has 3 N–H and O–H groups in total. The van der Waals surface area contributed by atoms with Crippen molar-refractivity contribution in [3.63, 3.8) is 0 Å². The van der Waals surface area contributed by atoms with Crippen LogP contribution < -0.4 is 11.1 Å². The zero-order valence-corrected chi connectivity index (χ0v) is 19.0. The molecule has 2 saturated carbocycles. The van der Waals surface area contributed by atoms with E-state index >= 15 is 0 Å². The molecule has 0 bridgehead atoms. The number of ether oxygens (including phenoxy) is 1. The van der Waals surface area contributed by atoms with Gasteiger partial charge in [-0.1, -0.05) is 0 Å². The fraction of sp³-hybridized carbons (Fsp3) is 0.417. The summed E-state index contributed by atoms with van der Waals surface area (Å²) >= 11 is 0. The number of hydrogen-bond acceptors (Lipinski definition) is 6. The second-order valence-corrected chi connectivity index (χ2v) is 8.63. The van der Waals surface area contributed by atoms with E-state index in [4.69, 9.17) is 15.5 Å². The molecule has 4 heterocycles. The third kappa shape index (κ3) is 3.82. The Kier molecular flexibility index (Phi) is 5.72. The van der Waals surface area contributed by atoms with Crippen LogP contribution in [0.5, 0.6) is 0 Å². The van der Waals surface area contributed by atoms with Gasteiger partial charge in [0.1, 0.15) is 17.0 Å². The number of carbonyl (C=O) groups excluding carboxylic acids is 1. The van der Waals surface area contributed by atoms with E-state index in [0.29, 0.717) is 23.4 Å². The summed E-state index contributed by atoms with van der Waals surface area (Å²) in [5.74, 6) is 0.186. The Morgan fingerprint density at radius 3 is 2.58 bits per heavy atom. The van der Waals surface area contributed by atoms with Gasteiger partial charge in [0.25, 0.3) is 5.91 Å². The molecule has 0 spiro atoms. The number of primary amides is 1. The topological polar surface area (TPSA) is 112 Å². The highest BCUT2D eigenvalue weighted by Gasteiger charge is 2.24. The number of nitrogens with one attached hydrogen (secondary N) is 1. The Morgan fingerprint density at radius 2 is 2.00 bits per heavy atom. The molecule has 4 aromatic heterocycles. The van der Waals surface area contributed by atoms with Crippen LogP contribution in [0.2, 0.25) is 0 Å². The molecule has 9 heteroatoms. The van der Waals surface area contributed by atoms with Gasteiger partial charge in [-0.25, -0.2) is 9.97 Å². The van der Waals surface area contributed by atoms with E-state index in [9.17, 15) is 4.79 Å². The van der Waals surface area contributed by atoms with Gasteiger partial charge in [0.15, 0.2) is 5.65 Å². The van der Waals surface area contributed by atoms with Gasteiger partial charge in [-0.3, -0.25) is 4.79 Å². The van der Waals surface area contributed by atoms with Crippen molar-refractivity contribution >= 4 is 28.4 Å². The van der Waals surface area contributed by atoms with E-state index in [2.05, 4.69) is 32.2 Å². The molecule has 1 amide bonds. The summed E-state index contributed by atoms with van der Waals surface area (Å²) in [6.45, 7) is 0. The lowest BCUT2D eigenvalue weighted by Gasteiger charge is -2.27. The van der Waals surface area contributed by atoms with Crippen molar-refractivity contribution in [1.82, 2.24) is 24.1 Å². The lowest BCUT2D eigenvalue weighted by molar-refractivity contribution is 0.0412. The highest BCUT2D eigenvalue weighted by Crippen LogP contribution is 2.38. The van der Waals surface area contributed by atoms with Crippen LogP contribution in [0.3, 0.4) is 0 Å². The number of aromatic nitrogens is 5. The molecular weight excluding hydrogens is 418 g/mol. The fourth-order valence-corrected chi connectivity index (χ4v) is 4.29. The van der Waals surface area contributed by atoms with Crippen molar-refractivity contribution in [1.29, 1.82) is 0 Å².